The Labute approximate surface area is 205 Å². The molecule has 6 nitrogen and oxygen atoms in total. The number of nitrogens with zero attached hydrogens (tertiary/aromatic N) is 2. The van der Waals surface area contributed by atoms with Gasteiger partial charge in [0.25, 0.3) is 5.91 Å². The Kier molecular flexibility index (Phi) is 7.09. The molecular weight excluding hydrogens is 507 g/mol. The van der Waals surface area contributed by atoms with Gasteiger partial charge in [-0.05, 0) is 48.5 Å². The highest BCUT2D eigenvalue weighted by atomic mass is 35.5. The van der Waals surface area contributed by atoms with E-state index in [4.69, 9.17) is 23.2 Å². The van der Waals surface area contributed by atoms with Crippen LogP contribution in [0.5, 0.6) is 0 Å². The Morgan fingerprint density at radius 1 is 0.853 bits per heavy atom. The van der Waals surface area contributed by atoms with Crippen LogP contribution in [0.4, 0.5) is 20.2 Å². The second kappa shape index (κ2) is 9.87. The van der Waals surface area contributed by atoms with Crippen LogP contribution < -0.4 is 10.2 Å². The van der Waals surface area contributed by atoms with Gasteiger partial charge in [-0.3, -0.25) is 4.79 Å². The fraction of sp³-hybridized carbons (Fsp3) is 0.174. The van der Waals surface area contributed by atoms with Crippen LogP contribution in [0, 0.1) is 11.6 Å². The van der Waals surface area contributed by atoms with Crippen molar-refractivity contribution in [1.82, 2.24) is 4.31 Å². The third-order valence-corrected chi connectivity index (χ3v) is 7.70. The summed E-state index contributed by atoms with van der Waals surface area (Å²) in [4.78, 5) is 14.2. The first kappa shape index (κ1) is 24.4. The molecular formula is C23H19Cl2F2N3O3S. The van der Waals surface area contributed by atoms with Crippen molar-refractivity contribution in [3.63, 3.8) is 0 Å². The van der Waals surface area contributed by atoms with Crippen LogP contribution in [0.2, 0.25) is 10.0 Å². The smallest absolute Gasteiger partial charge is 0.258 e. The Bertz CT molecular complexity index is 1330. The molecule has 0 aliphatic carbocycles. The number of carbonyl (C=O) groups excluding carboxylic acids is 1. The molecule has 0 bridgehead atoms. The van der Waals surface area contributed by atoms with Gasteiger partial charge >= 0.3 is 0 Å². The van der Waals surface area contributed by atoms with Crippen molar-refractivity contribution in [2.75, 3.05) is 36.4 Å². The predicted octanol–water partition coefficient (Wildman–Crippen LogP) is 5.03. The fourth-order valence-corrected chi connectivity index (χ4v) is 5.66. The molecule has 1 aliphatic heterocycles. The Morgan fingerprint density at radius 3 is 2.15 bits per heavy atom. The van der Waals surface area contributed by atoms with Gasteiger partial charge in [-0.1, -0.05) is 35.3 Å². The van der Waals surface area contributed by atoms with E-state index in [1.54, 1.807) is 23.1 Å². The summed E-state index contributed by atoms with van der Waals surface area (Å²) in [6.45, 7) is 0.779. The third kappa shape index (κ3) is 5.17. The number of benzene rings is 3. The molecule has 1 saturated heterocycles. The van der Waals surface area contributed by atoms with Gasteiger partial charge in [0.15, 0.2) is 0 Å². The number of sulfonamides is 1. The molecule has 1 amide bonds. The van der Waals surface area contributed by atoms with Crippen LogP contribution in [-0.2, 0) is 10.0 Å². The minimum absolute atomic E-state index is 0.108. The topological polar surface area (TPSA) is 69.7 Å². The zero-order valence-electron chi connectivity index (χ0n) is 17.6. The SMILES string of the molecule is O=C(Nc1cc(Cl)cc(Cl)c1)c1cc(S(=O)(=O)N2CCN(c3ccccc3F)CC2)ccc1F. The van der Waals surface area contributed by atoms with E-state index in [-0.39, 0.29) is 52.6 Å². The summed E-state index contributed by atoms with van der Waals surface area (Å²) >= 11 is 11.8. The summed E-state index contributed by atoms with van der Waals surface area (Å²) in [5.74, 6) is -2.11. The highest BCUT2D eigenvalue weighted by molar-refractivity contribution is 7.89. The zero-order chi connectivity index (χ0) is 24.5. The summed E-state index contributed by atoms with van der Waals surface area (Å²) < 4.78 is 56.1. The monoisotopic (exact) mass is 525 g/mol. The van der Waals surface area contributed by atoms with Crippen LogP contribution in [0.15, 0.2) is 65.6 Å². The number of amides is 1. The van der Waals surface area contributed by atoms with E-state index in [2.05, 4.69) is 5.32 Å². The molecule has 3 aromatic rings. The number of piperazine rings is 1. The molecule has 0 atom stereocenters. The van der Waals surface area contributed by atoms with Crippen molar-refractivity contribution in [2.24, 2.45) is 0 Å². The summed E-state index contributed by atoms with van der Waals surface area (Å²) in [7, 11) is -4.01. The van der Waals surface area contributed by atoms with Crippen LogP contribution in [-0.4, -0.2) is 44.8 Å². The molecule has 1 aliphatic rings. The summed E-state index contributed by atoms with van der Waals surface area (Å²) in [6.07, 6.45) is 0. The molecule has 11 heteroatoms. The fourth-order valence-electron chi connectivity index (χ4n) is 3.69. The number of anilines is 2. The van der Waals surface area contributed by atoms with Crippen LogP contribution in [0.25, 0.3) is 0 Å². The molecule has 1 heterocycles. The van der Waals surface area contributed by atoms with E-state index >= 15 is 0 Å². The number of para-hydroxylation sites is 1. The van der Waals surface area contributed by atoms with E-state index in [9.17, 15) is 22.0 Å². The number of halogens is 4. The van der Waals surface area contributed by atoms with Gasteiger partial charge < -0.3 is 10.2 Å². The van der Waals surface area contributed by atoms with Gasteiger partial charge in [0.05, 0.1) is 16.1 Å². The molecule has 0 spiro atoms. The summed E-state index contributed by atoms with van der Waals surface area (Å²) in [5, 5.41) is 3.01. The molecule has 34 heavy (non-hydrogen) atoms. The average Bonchev–Trinajstić information content (AvgIpc) is 2.79. The maximum absolute atomic E-state index is 14.4. The van der Waals surface area contributed by atoms with Gasteiger partial charge in [-0.25, -0.2) is 17.2 Å². The zero-order valence-corrected chi connectivity index (χ0v) is 20.0. The lowest BCUT2D eigenvalue weighted by Gasteiger charge is -2.35. The van der Waals surface area contributed by atoms with Gasteiger partial charge in [0.2, 0.25) is 10.0 Å². The number of hydrogen-bond acceptors (Lipinski definition) is 4. The van der Waals surface area contributed by atoms with E-state index in [1.165, 1.54) is 28.6 Å². The number of rotatable bonds is 5. The first-order valence-electron chi connectivity index (χ1n) is 10.2. The molecule has 1 N–H and O–H groups in total. The maximum atomic E-state index is 14.4. The second-order valence-corrected chi connectivity index (χ2v) is 10.4. The first-order chi connectivity index (χ1) is 16.1. The predicted molar refractivity (Wildman–Crippen MR) is 128 cm³/mol. The Balaban J connectivity index is 1.52. The van der Waals surface area contributed by atoms with Crippen molar-refractivity contribution in [2.45, 2.75) is 4.90 Å². The van der Waals surface area contributed by atoms with Gasteiger partial charge in [0, 0.05) is 41.9 Å². The van der Waals surface area contributed by atoms with E-state index in [1.807, 2.05) is 0 Å². The highest BCUT2D eigenvalue weighted by Gasteiger charge is 2.30. The second-order valence-electron chi connectivity index (χ2n) is 7.60. The molecule has 4 rings (SSSR count). The normalized spacial score (nSPS) is 14.8. The maximum Gasteiger partial charge on any atom is 0.258 e. The lowest BCUT2D eigenvalue weighted by atomic mass is 10.2. The van der Waals surface area contributed by atoms with Crippen molar-refractivity contribution in [3.8, 4) is 0 Å². The standard InChI is InChI=1S/C23H19Cl2F2N3O3S/c24-15-11-16(25)13-17(12-15)28-23(31)19-14-18(5-6-20(19)26)34(32,33)30-9-7-29(8-10-30)22-4-2-1-3-21(22)27/h1-6,11-14H,7-10H2,(H,28,31). The van der Waals surface area contributed by atoms with Gasteiger partial charge in [-0.15, -0.1) is 0 Å². The Morgan fingerprint density at radius 2 is 1.50 bits per heavy atom. The lowest BCUT2D eigenvalue weighted by Crippen LogP contribution is -2.48. The number of hydrogen-bond donors (Lipinski definition) is 1. The van der Waals surface area contributed by atoms with E-state index in [0.29, 0.717) is 5.69 Å². The summed E-state index contributed by atoms with van der Waals surface area (Å²) in [6, 6.07) is 13.7. The van der Waals surface area contributed by atoms with Crippen molar-refractivity contribution < 1.29 is 22.0 Å². The van der Waals surface area contributed by atoms with Crippen molar-refractivity contribution in [1.29, 1.82) is 0 Å². The van der Waals surface area contributed by atoms with E-state index in [0.717, 1.165) is 18.2 Å². The quantitative estimate of drug-likeness (QED) is 0.506. The highest BCUT2D eigenvalue weighted by Crippen LogP contribution is 2.26. The molecule has 178 valence electrons. The van der Waals surface area contributed by atoms with Crippen molar-refractivity contribution >= 4 is 50.5 Å². The first-order valence-corrected chi connectivity index (χ1v) is 12.4. The number of nitrogens with one attached hydrogen (secondary N) is 1. The molecule has 0 aromatic heterocycles. The van der Waals surface area contributed by atoms with Crippen LogP contribution in [0.3, 0.4) is 0 Å². The summed E-state index contributed by atoms with van der Waals surface area (Å²) in [5.41, 5.74) is 0.197. The lowest BCUT2D eigenvalue weighted by molar-refractivity contribution is 0.102. The van der Waals surface area contributed by atoms with Crippen LogP contribution in [0.1, 0.15) is 10.4 Å². The molecule has 0 radical (unpaired) electrons. The van der Waals surface area contributed by atoms with Crippen LogP contribution >= 0.6 is 23.2 Å². The van der Waals surface area contributed by atoms with Gasteiger partial charge in [-0.2, -0.15) is 4.31 Å². The number of carbonyl (C=O) groups is 1. The molecule has 1 fully saturated rings. The molecule has 3 aromatic carbocycles. The van der Waals surface area contributed by atoms with E-state index < -0.39 is 27.3 Å². The molecule has 0 saturated carbocycles. The van der Waals surface area contributed by atoms with Crippen molar-refractivity contribution in [3.05, 3.63) is 87.9 Å². The van der Waals surface area contributed by atoms with Gasteiger partial charge in [0.1, 0.15) is 11.6 Å². The third-order valence-electron chi connectivity index (χ3n) is 5.37. The average molecular weight is 526 g/mol. The molecule has 0 unspecified atom stereocenters. The minimum Gasteiger partial charge on any atom is -0.367 e. The largest absolute Gasteiger partial charge is 0.367 e. The Hall–Kier alpha value is -2.72. The minimum atomic E-state index is -4.01.